The van der Waals surface area contributed by atoms with Crippen molar-refractivity contribution in [3.8, 4) is 22.1 Å². The quantitative estimate of drug-likeness (QED) is 0.638. The minimum atomic E-state index is 0.414. The third kappa shape index (κ3) is 4.11. The number of hydrogen-bond acceptors (Lipinski definition) is 6. The monoisotopic (exact) mass is 342 g/mol. The predicted molar refractivity (Wildman–Crippen MR) is 93.5 cm³/mol. The number of ether oxygens (including phenoxy) is 2. The summed E-state index contributed by atoms with van der Waals surface area (Å²) in [6, 6.07) is 15.4. The second kappa shape index (κ2) is 7.92. The third-order valence-corrected chi connectivity index (χ3v) is 4.42. The summed E-state index contributed by atoms with van der Waals surface area (Å²) in [6.45, 7) is 0.835. The third-order valence-electron chi connectivity index (χ3n) is 3.48. The Labute approximate surface area is 144 Å². The van der Waals surface area contributed by atoms with E-state index in [4.69, 9.17) is 14.7 Å². The van der Waals surface area contributed by atoms with Gasteiger partial charge in [-0.05, 0) is 42.0 Å². The van der Waals surface area contributed by atoms with E-state index in [0.717, 1.165) is 33.3 Å². The van der Waals surface area contributed by atoms with Crippen LogP contribution in [0.5, 0.6) is 11.5 Å². The second-order valence-corrected chi connectivity index (χ2v) is 6.00. The van der Waals surface area contributed by atoms with Crippen molar-refractivity contribution in [2.75, 3.05) is 7.11 Å². The Kier molecular flexibility index (Phi) is 5.43. The van der Waals surface area contributed by atoms with Gasteiger partial charge in [0.25, 0.3) is 0 Å². The van der Waals surface area contributed by atoms with Gasteiger partial charge >= 0.3 is 0 Å². The number of hydroxylamine groups is 1. The van der Waals surface area contributed by atoms with Gasteiger partial charge in [0, 0.05) is 17.5 Å². The molecule has 0 unspecified atom stereocenters. The first-order valence-corrected chi connectivity index (χ1v) is 8.34. The minimum Gasteiger partial charge on any atom is -0.497 e. The van der Waals surface area contributed by atoms with Gasteiger partial charge in [-0.2, -0.15) is 0 Å². The summed E-state index contributed by atoms with van der Waals surface area (Å²) in [4.78, 5) is 4.61. The van der Waals surface area contributed by atoms with Crippen LogP contribution < -0.4 is 15.0 Å². The van der Waals surface area contributed by atoms with Crippen LogP contribution in [0.4, 0.5) is 0 Å². The molecule has 124 valence electrons. The van der Waals surface area contributed by atoms with E-state index >= 15 is 0 Å². The van der Waals surface area contributed by atoms with Gasteiger partial charge in [0.15, 0.2) is 0 Å². The lowest BCUT2D eigenvalue weighted by atomic mass is 10.2. The van der Waals surface area contributed by atoms with Gasteiger partial charge in [-0.15, -0.1) is 11.3 Å². The average Bonchev–Trinajstić information content (AvgIpc) is 3.10. The van der Waals surface area contributed by atoms with Crippen LogP contribution in [0.1, 0.15) is 11.3 Å². The van der Waals surface area contributed by atoms with E-state index in [1.54, 1.807) is 18.4 Å². The van der Waals surface area contributed by atoms with Crippen molar-refractivity contribution < 1.29 is 14.7 Å². The summed E-state index contributed by atoms with van der Waals surface area (Å²) in [5.41, 5.74) is 5.07. The van der Waals surface area contributed by atoms with E-state index in [0.29, 0.717) is 13.2 Å². The van der Waals surface area contributed by atoms with Gasteiger partial charge in [-0.1, -0.05) is 12.1 Å². The fourth-order valence-electron chi connectivity index (χ4n) is 2.19. The van der Waals surface area contributed by atoms with Crippen LogP contribution in [-0.4, -0.2) is 17.3 Å². The minimum absolute atomic E-state index is 0.414. The van der Waals surface area contributed by atoms with Gasteiger partial charge in [0.2, 0.25) is 0 Å². The molecule has 5 nitrogen and oxygen atoms in total. The molecule has 0 bridgehead atoms. The Morgan fingerprint density at radius 1 is 1.04 bits per heavy atom. The van der Waals surface area contributed by atoms with Crippen LogP contribution in [0.2, 0.25) is 0 Å². The number of rotatable bonds is 7. The van der Waals surface area contributed by atoms with Crippen molar-refractivity contribution in [3.63, 3.8) is 0 Å². The molecule has 0 saturated carbocycles. The highest BCUT2D eigenvalue weighted by atomic mass is 32.1. The molecule has 0 aliphatic rings. The van der Waals surface area contributed by atoms with Gasteiger partial charge in [-0.3, -0.25) is 0 Å². The molecule has 0 amide bonds. The van der Waals surface area contributed by atoms with Gasteiger partial charge < -0.3 is 14.7 Å². The standard InChI is InChI=1S/C18H18N2O3S/c1-22-16-8-4-14(5-9-16)18-20-15(12-24-18)11-23-17-6-2-13(3-7-17)10-19-21/h2-9,12,19,21H,10-11H2,1H3. The van der Waals surface area contributed by atoms with E-state index in [-0.39, 0.29) is 0 Å². The van der Waals surface area contributed by atoms with Crippen LogP contribution in [-0.2, 0) is 13.2 Å². The molecule has 3 aromatic rings. The number of thiazole rings is 1. The number of nitrogens with zero attached hydrogens (tertiary/aromatic N) is 1. The summed E-state index contributed by atoms with van der Waals surface area (Å²) in [7, 11) is 1.65. The maximum atomic E-state index is 8.67. The predicted octanol–water partition coefficient (Wildman–Crippen LogP) is 3.88. The molecule has 1 heterocycles. The van der Waals surface area contributed by atoms with Crippen molar-refractivity contribution >= 4 is 11.3 Å². The zero-order valence-electron chi connectivity index (χ0n) is 13.2. The Morgan fingerprint density at radius 3 is 2.42 bits per heavy atom. The molecule has 3 rings (SSSR count). The number of aromatic nitrogens is 1. The Balaban J connectivity index is 1.61. The van der Waals surface area contributed by atoms with E-state index in [2.05, 4.69) is 10.5 Å². The lowest BCUT2D eigenvalue weighted by Crippen LogP contribution is -2.05. The Hall–Kier alpha value is -2.41. The first kappa shape index (κ1) is 16.4. The largest absolute Gasteiger partial charge is 0.497 e. The Morgan fingerprint density at radius 2 is 1.75 bits per heavy atom. The SMILES string of the molecule is COc1ccc(-c2nc(COc3ccc(CNO)cc3)cs2)cc1. The van der Waals surface area contributed by atoms with Gasteiger partial charge in [0.05, 0.1) is 12.8 Å². The summed E-state index contributed by atoms with van der Waals surface area (Å²) >= 11 is 1.59. The van der Waals surface area contributed by atoms with E-state index < -0.39 is 0 Å². The van der Waals surface area contributed by atoms with Crippen molar-refractivity contribution in [2.24, 2.45) is 0 Å². The maximum absolute atomic E-state index is 8.67. The molecule has 6 heteroatoms. The number of nitrogens with one attached hydrogen (secondary N) is 1. The molecule has 0 fully saturated rings. The average molecular weight is 342 g/mol. The number of hydrogen-bond donors (Lipinski definition) is 2. The summed E-state index contributed by atoms with van der Waals surface area (Å²) < 4.78 is 10.9. The summed E-state index contributed by atoms with van der Waals surface area (Å²) in [6.07, 6.45) is 0. The van der Waals surface area contributed by atoms with Crippen molar-refractivity contribution in [2.45, 2.75) is 13.2 Å². The zero-order chi connectivity index (χ0) is 16.8. The van der Waals surface area contributed by atoms with Gasteiger partial charge in [0.1, 0.15) is 23.1 Å². The number of benzene rings is 2. The summed E-state index contributed by atoms with van der Waals surface area (Å²) in [5, 5.41) is 11.6. The molecule has 0 radical (unpaired) electrons. The molecule has 0 aliphatic heterocycles. The first-order chi connectivity index (χ1) is 11.8. The van der Waals surface area contributed by atoms with Crippen molar-refractivity contribution in [3.05, 3.63) is 65.2 Å². The number of methoxy groups -OCH3 is 1. The van der Waals surface area contributed by atoms with Crippen LogP contribution in [0, 0.1) is 0 Å². The molecule has 0 spiro atoms. The lowest BCUT2D eigenvalue weighted by Gasteiger charge is -2.05. The van der Waals surface area contributed by atoms with Crippen LogP contribution in [0.3, 0.4) is 0 Å². The summed E-state index contributed by atoms with van der Waals surface area (Å²) in [5.74, 6) is 1.61. The van der Waals surface area contributed by atoms with Crippen LogP contribution >= 0.6 is 11.3 Å². The molecule has 2 N–H and O–H groups in total. The van der Waals surface area contributed by atoms with E-state index in [1.165, 1.54) is 0 Å². The fraction of sp³-hybridized carbons (Fsp3) is 0.167. The second-order valence-electron chi connectivity index (χ2n) is 5.14. The highest BCUT2D eigenvalue weighted by Gasteiger charge is 2.06. The molecular formula is C18H18N2O3S. The molecule has 0 atom stereocenters. The highest BCUT2D eigenvalue weighted by molar-refractivity contribution is 7.13. The molecule has 1 aromatic heterocycles. The smallest absolute Gasteiger partial charge is 0.131 e. The van der Waals surface area contributed by atoms with E-state index in [9.17, 15) is 0 Å². The molecule has 0 aliphatic carbocycles. The van der Waals surface area contributed by atoms with E-state index in [1.807, 2.05) is 53.9 Å². The lowest BCUT2D eigenvalue weighted by molar-refractivity contribution is 0.161. The zero-order valence-corrected chi connectivity index (χ0v) is 14.0. The molecular weight excluding hydrogens is 324 g/mol. The maximum Gasteiger partial charge on any atom is 0.131 e. The van der Waals surface area contributed by atoms with Crippen molar-refractivity contribution in [1.82, 2.24) is 10.5 Å². The van der Waals surface area contributed by atoms with Crippen LogP contribution in [0.15, 0.2) is 53.9 Å². The topological polar surface area (TPSA) is 63.6 Å². The molecule has 2 aromatic carbocycles. The van der Waals surface area contributed by atoms with Gasteiger partial charge in [-0.25, -0.2) is 10.5 Å². The van der Waals surface area contributed by atoms with Crippen LogP contribution in [0.25, 0.3) is 10.6 Å². The normalized spacial score (nSPS) is 10.6. The Bertz CT molecular complexity index is 770. The highest BCUT2D eigenvalue weighted by Crippen LogP contribution is 2.26. The molecule has 0 saturated heterocycles. The first-order valence-electron chi connectivity index (χ1n) is 7.46. The molecule has 24 heavy (non-hydrogen) atoms. The van der Waals surface area contributed by atoms with Crippen molar-refractivity contribution in [1.29, 1.82) is 0 Å². The fourth-order valence-corrected chi connectivity index (χ4v) is 3.00.